The maximum Gasteiger partial charge on any atom is 0.0713 e. The second-order valence-corrected chi connectivity index (χ2v) is 5.59. The van der Waals surface area contributed by atoms with Crippen molar-refractivity contribution < 1.29 is 4.74 Å². The average Bonchev–Trinajstić information content (AvgIpc) is 2.39. The molecule has 0 fully saturated rings. The van der Waals surface area contributed by atoms with Crippen LogP contribution in [0.15, 0.2) is 24.3 Å². The Morgan fingerprint density at radius 3 is 2.32 bits per heavy atom. The van der Waals surface area contributed by atoms with Crippen LogP contribution in [0.5, 0.6) is 0 Å². The standard InChI is InChI=1S/C16H28N2O/c1-13(2)9-10-18(3)16(11-17)15-7-5-14(6-8-15)12-19-4/h5-8,13,16H,9-12,17H2,1-4H3. The zero-order valence-corrected chi connectivity index (χ0v) is 12.7. The van der Waals surface area contributed by atoms with Gasteiger partial charge in [-0.3, -0.25) is 4.90 Å². The van der Waals surface area contributed by atoms with Gasteiger partial charge in [-0.25, -0.2) is 0 Å². The topological polar surface area (TPSA) is 38.5 Å². The molecule has 0 bridgehead atoms. The van der Waals surface area contributed by atoms with Crippen LogP contribution >= 0.6 is 0 Å². The van der Waals surface area contributed by atoms with E-state index in [4.69, 9.17) is 10.5 Å². The van der Waals surface area contributed by atoms with Crippen molar-refractivity contribution in [2.45, 2.75) is 32.9 Å². The van der Waals surface area contributed by atoms with E-state index in [0.29, 0.717) is 19.2 Å². The van der Waals surface area contributed by atoms with Gasteiger partial charge in [-0.05, 0) is 37.1 Å². The number of benzene rings is 1. The zero-order valence-electron chi connectivity index (χ0n) is 12.7. The summed E-state index contributed by atoms with van der Waals surface area (Å²) in [5, 5.41) is 0. The third-order valence-corrected chi connectivity index (χ3v) is 3.49. The Kier molecular flexibility index (Phi) is 7.06. The minimum absolute atomic E-state index is 0.301. The van der Waals surface area contributed by atoms with Gasteiger partial charge >= 0.3 is 0 Å². The molecule has 0 aliphatic rings. The molecule has 0 radical (unpaired) electrons. The van der Waals surface area contributed by atoms with E-state index in [9.17, 15) is 0 Å². The molecule has 0 aromatic heterocycles. The lowest BCUT2D eigenvalue weighted by molar-refractivity contribution is 0.185. The van der Waals surface area contributed by atoms with E-state index in [1.165, 1.54) is 17.5 Å². The lowest BCUT2D eigenvalue weighted by Crippen LogP contribution is -2.31. The van der Waals surface area contributed by atoms with Crippen LogP contribution in [0.25, 0.3) is 0 Å². The number of nitrogens with zero attached hydrogens (tertiary/aromatic N) is 1. The summed E-state index contributed by atoms with van der Waals surface area (Å²) < 4.78 is 5.13. The molecule has 3 heteroatoms. The highest BCUT2D eigenvalue weighted by molar-refractivity contribution is 5.25. The van der Waals surface area contributed by atoms with Gasteiger partial charge in [0.15, 0.2) is 0 Å². The van der Waals surface area contributed by atoms with Crippen LogP contribution in [-0.2, 0) is 11.3 Å². The normalized spacial score (nSPS) is 13.2. The predicted molar refractivity (Wildman–Crippen MR) is 81.0 cm³/mol. The Balaban J connectivity index is 2.67. The van der Waals surface area contributed by atoms with Gasteiger partial charge in [-0.15, -0.1) is 0 Å². The van der Waals surface area contributed by atoms with Crippen molar-refractivity contribution in [2.24, 2.45) is 11.7 Å². The van der Waals surface area contributed by atoms with Crippen molar-refractivity contribution in [1.29, 1.82) is 0 Å². The van der Waals surface area contributed by atoms with Gasteiger partial charge in [-0.2, -0.15) is 0 Å². The van der Waals surface area contributed by atoms with E-state index < -0.39 is 0 Å². The molecule has 3 nitrogen and oxygen atoms in total. The van der Waals surface area contributed by atoms with Gasteiger partial charge in [0.1, 0.15) is 0 Å². The number of hydrogen-bond acceptors (Lipinski definition) is 3. The quantitative estimate of drug-likeness (QED) is 0.784. The first-order chi connectivity index (χ1) is 9.08. The second-order valence-electron chi connectivity index (χ2n) is 5.59. The van der Waals surface area contributed by atoms with E-state index in [2.05, 4.69) is 50.1 Å². The van der Waals surface area contributed by atoms with Gasteiger partial charge in [-0.1, -0.05) is 38.1 Å². The number of hydrogen-bond donors (Lipinski definition) is 1. The number of likely N-dealkylation sites (N-methyl/N-ethyl adjacent to an activating group) is 1. The Bertz CT molecular complexity index is 348. The number of rotatable bonds is 8. The summed E-state index contributed by atoms with van der Waals surface area (Å²) >= 11 is 0. The van der Waals surface area contributed by atoms with Crippen LogP contribution in [0.1, 0.15) is 37.4 Å². The van der Waals surface area contributed by atoms with Gasteiger partial charge in [0.2, 0.25) is 0 Å². The largest absolute Gasteiger partial charge is 0.380 e. The lowest BCUT2D eigenvalue weighted by atomic mass is 10.0. The molecule has 1 atom stereocenters. The minimum atomic E-state index is 0.301. The van der Waals surface area contributed by atoms with Crippen molar-refractivity contribution in [1.82, 2.24) is 4.90 Å². The Morgan fingerprint density at radius 1 is 1.21 bits per heavy atom. The molecule has 0 spiro atoms. The van der Waals surface area contributed by atoms with E-state index in [-0.39, 0.29) is 0 Å². The van der Waals surface area contributed by atoms with E-state index in [1.807, 2.05) is 0 Å². The third kappa shape index (κ3) is 5.31. The minimum Gasteiger partial charge on any atom is -0.380 e. The van der Waals surface area contributed by atoms with Crippen molar-refractivity contribution in [3.8, 4) is 0 Å². The monoisotopic (exact) mass is 264 g/mol. The molecule has 19 heavy (non-hydrogen) atoms. The first-order valence-electron chi connectivity index (χ1n) is 7.06. The van der Waals surface area contributed by atoms with Crippen molar-refractivity contribution >= 4 is 0 Å². The SMILES string of the molecule is COCc1ccc(C(CN)N(C)CCC(C)C)cc1. The molecular weight excluding hydrogens is 236 g/mol. The van der Waals surface area contributed by atoms with Crippen molar-refractivity contribution in [2.75, 3.05) is 27.2 Å². The van der Waals surface area contributed by atoms with Crippen molar-refractivity contribution in [3.05, 3.63) is 35.4 Å². The molecule has 2 N–H and O–H groups in total. The highest BCUT2D eigenvalue weighted by Crippen LogP contribution is 2.20. The van der Waals surface area contributed by atoms with Crippen LogP contribution < -0.4 is 5.73 Å². The third-order valence-electron chi connectivity index (χ3n) is 3.49. The number of methoxy groups -OCH3 is 1. The first kappa shape index (κ1) is 16.2. The average molecular weight is 264 g/mol. The zero-order chi connectivity index (χ0) is 14.3. The molecule has 0 saturated heterocycles. The molecule has 1 rings (SSSR count). The van der Waals surface area contributed by atoms with E-state index in [1.54, 1.807) is 7.11 Å². The highest BCUT2D eigenvalue weighted by atomic mass is 16.5. The maximum atomic E-state index is 5.94. The second kappa shape index (κ2) is 8.31. The fourth-order valence-electron chi connectivity index (χ4n) is 2.19. The molecule has 1 aromatic rings. The molecule has 0 amide bonds. The lowest BCUT2D eigenvalue weighted by Gasteiger charge is -2.28. The van der Waals surface area contributed by atoms with Crippen molar-refractivity contribution in [3.63, 3.8) is 0 Å². The van der Waals surface area contributed by atoms with Crippen LogP contribution in [-0.4, -0.2) is 32.1 Å². The summed E-state index contributed by atoms with van der Waals surface area (Å²) in [4.78, 5) is 2.35. The molecule has 1 unspecified atom stereocenters. The molecule has 0 aliphatic carbocycles. The van der Waals surface area contributed by atoms with Crippen LogP contribution in [0.4, 0.5) is 0 Å². The summed E-state index contributed by atoms with van der Waals surface area (Å²) in [5.74, 6) is 0.727. The van der Waals surface area contributed by atoms with Gasteiger partial charge in [0.05, 0.1) is 6.61 Å². The summed E-state index contributed by atoms with van der Waals surface area (Å²) in [7, 11) is 3.87. The fraction of sp³-hybridized carbons (Fsp3) is 0.625. The number of nitrogens with two attached hydrogens (primary N) is 1. The molecule has 0 aliphatic heterocycles. The van der Waals surface area contributed by atoms with Crippen LogP contribution in [0, 0.1) is 5.92 Å². The molecule has 0 saturated carbocycles. The number of ether oxygens (including phenoxy) is 1. The summed E-state index contributed by atoms with van der Waals surface area (Å²) in [6, 6.07) is 8.88. The van der Waals surface area contributed by atoms with E-state index in [0.717, 1.165) is 12.5 Å². The molecular formula is C16H28N2O. The molecule has 108 valence electrons. The maximum absolute atomic E-state index is 5.94. The molecule has 1 aromatic carbocycles. The molecule has 0 heterocycles. The van der Waals surface area contributed by atoms with Gasteiger partial charge in [0.25, 0.3) is 0 Å². The van der Waals surface area contributed by atoms with Gasteiger partial charge < -0.3 is 10.5 Å². The highest BCUT2D eigenvalue weighted by Gasteiger charge is 2.15. The van der Waals surface area contributed by atoms with Gasteiger partial charge in [0, 0.05) is 19.7 Å². The first-order valence-corrected chi connectivity index (χ1v) is 7.06. The predicted octanol–water partition coefficient (Wildman–Crippen LogP) is 2.81. The Morgan fingerprint density at radius 2 is 1.84 bits per heavy atom. The van der Waals surface area contributed by atoms with E-state index >= 15 is 0 Å². The Labute approximate surface area is 117 Å². The smallest absolute Gasteiger partial charge is 0.0713 e. The van der Waals surface area contributed by atoms with Crippen LogP contribution in [0.3, 0.4) is 0 Å². The van der Waals surface area contributed by atoms with Crippen LogP contribution in [0.2, 0.25) is 0 Å². The summed E-state index contributed by atoms with van der Waals surface area (Å²) in [6.45, 7) is 6.91. The fourth-order valence-corrected chi connectivity index (χ4v) is 2.19. The Hall–Kier alpha value is -0.900. The summed E-state index contributed by atoms with van der Waals surface area (Å²) in [5.41, 5.74) is 8.43. The summed E-state index contributed by atoms with van der Waals surface area (Å²) in [6.07, 6.45) is 1.20.